The highest BCUT2D eigenvalue weighted by molar-refractivity contribution is 7.13. The topological polar surface area (TPSA) is 83.6 Å². The van der Waals surface area contributed by atoms with Crippen molar-refractivity contribution in [2.24, 2.45) is 5.92 Å². The molecule has 1 saturated heterocycles. The minimum Gasteiger partial charge on any atom is -0.478 e. The van der Waals surface area contributed by atoms with Crippen LogP contribution in [0.2, 0.25) is 0 Å². The van der Waals surface area contributed by atoms with E-state index in [0.29, 0.717) is 30.3 Å². The zero-order valence-corrected chi connectivity index (χ0v) is 16.0. The minimum atomic E-state index is -0.889. The van der Waals surface area contributed by atoms with E-state index >= 15 is 0 Å². The molecule has 0 spiro atoms. The van der Waals surface area contributed by atoms with Crippen molar-refractivity contribution in [3.05, 3.63) is 65.1 Å². The molecule has 1 aliphatic rings. The molecule has 0 saturated carbocycles. The summed E-state index contributed by atoms with van der Waals surface area (Å²) < 4.78 is 5.07. The van der Waals surface area contributed by atoms with Crippen LogP contribution in [0, 0.1) is 5.92 Å². The molecule has 0 atom stereocenters. The van der Waals surface area contributed by atoms with Crippen LogP contribution < -0.4 is 0 Å². The largest absolute Gasteiger partial charge is 0.478 e. The van der Waals surface area contributed by atoms with Crippen molar-refractivity contribution in [1.82, 2.24) is 9.88 Å². The summed E-state index contributed by atoms with van der Waals surface area (Å²) in [5.41, 5.74) is 2.58. The van der Waals surface area contributed by atoms with Crippen LogP contribution in [0.3, 0.4) is 0 Å². The fourth-order valence-electron chi connectivity index (χ4n) is 3.61. The lowest BCUT2D eigenvalue weighted by Gasteiger charge is -2.31. The summed E-state index contributed by atoms with van der Waals surface area (Å²) in [7, 11) is 0. The molecule has 3 aromatic rings. The molecule has 1 aromatic carbocycles. The fourth-order valence-corrected chi connectivity index (χ4v) is 4.39. The lowest BCUT2D eigenvalue weighted by Crippen LogP contribution is -2.39. The molecular weight excluding hydrogens is 376 g/mol. The van der Waals surface area contributed by atoms with Gasteiger partial charge in [0, 0.05) is 24.0 Å². The number of rotatable bonds is 5. The molecule has 0 unspecified atom stereocenters. The second kappa shape index (κ2) is 7.98. The minimum absolute atomic E-state index is 0.0459. The molecular formula is C21H20N2O4S. The molecule has 3 heterocycles. The number of amides is 1. The standard InChI is InChI=1S/C21H20N2O4S/c24-20(18-13-28-19(22-18)16-7-10-27-12-16)23-8-5-14(6-9-23)11-15-3-1-2-4-17(15)21(25)26/h1-4,7,10,12-14H,5-6,8-9,11H2,(H,25,26). The number of piperidine rings is 1. The van der Waals surface area contributed by atoms with Crippen molar-refractivity contribution < 1.29 is 19.1 Å². The van der Waals surface area contributed by atoms with E-state index in [1.807, 2.05) is 23.1 Å². The number of carbonyl (C=O) groups is 2. The van der Waals surface area contributed by atoms with Gasteiger partial charge in [-0.1, -0.05) is 18.2 Å². The number of benzene rings is 1. The summed E-state index contributed by atoms with van der Waals surface area (Å²) in [5.74, 6) is -0.558. The van der Waals surface area contributed by atoms with Crippen molar-refractivity contribution in [3.8, 4) is 10.6 Å². The predicted molar refractivity (Wildman–Crippen MR) is 106 cm³/mol. The molecule has 1 amide bonds. The first-order valence-corrected chi connectivity index (χ1v) is 10.1. The number of carbonyl (C=O) groups excluding carboxylic acids is 1. The Hall–Kier alpha value is -2.93. The fraction of sp³-hybridized carbons (Fsp3) is 0.286. The highest BCUT2D eigenvalue weighted by atomic mass is 32.1. The summed E-state index contributed by atoms with van der Waals surface area (Å²) >= 11 is 1.43. The van der Waals surface area contributed by atoms with E-state index in [1.54, 1.807) is 30.0 Å². The molecule has 7 heteroatoms. The van der Waals surface area contributed by atoms with E-state index < -0.39 is 5.97 Å². The molecule has 144 valence electrons. The summed E-state index contributed by atoms with van der Waals surface area (Å²) in [6.07, 6.45) is 5.65. The Morgan fingerprint density at radius 1 is 1.21 bits per heavy atom. The predicted octanol–water partition coefficient (Wildman–Crippen LogP) is 4.20. The maximum absolute atomic E-state index is 12.8. The number of carboxylic acid groups (broad SMARTS) is 1. The molecule has 6 nitrogen and oxygen atoms in total. The zero-order valence-electron chi connectivity index (χ0n) is 15.2. The smallest absolute Gasteiger partial charge is 0.335 e. The first-order chi connectivity index (χ1) is 13.6. The number of carboxylic acids is 1. The van der Waals surface area contributed by atoms with Crippen LogP contribution in [-0.2, 0) is 6.42 Å². The SMILES string of the molecule is O=C(O)c1ccccc1CC1CCN(C(=O)c2csc(-c3ccoc3)n2)CC1. The lowest BCUT2D eigenvalue weighted by atomic mass is 9.88. The second-order valence-corrected chi connectivity index (χ2v) is 7.81. The number of thiazole rings is 1. The molecule has 4 rings (SSSR count). The Labute approximate surface area is 166 Å². The summed E-state index contributed by atoms with van der Waals surface area (Å²) in [6.45, 7) is 1.33. The van der Waals surface area contributed by atoms with Gasteiger partial charge in [0.1, 0.15) is 17.0 Å². The third-order valence-electron chi connectivity index (χ3n) is 5.15. The Balaban J connectivity index is 1.37. The van der Waals surface area contributed by atoms with Gasteiger partial charge in [-0.3, -0.25) is 4.79 Å². The third-order valence-corrected chi connectivity index (χ3v) is 6.04. The lowest BCUT2D eigenvalue weighted by molar-refractivity contribution is 0.0685. The number of furan rings is 1. The van der Waals surface area contributed by atoms with E-state index in [1.165, 1.54) is 11.3 Å². The first kappa shape index (κ1) is 18.4. The van der Waals surface area contributed by atoms with E-state index in [-0.39, 0.29) is 5.91 Å². The van der Waals surface area contributed by atoms with Gasteiger partial charge >= 0.3 is 5.97 Å². The molecule has 28 heavy (non-hydrogen) atoms. The van der Waals surface area contributed by atoms with Crippen LogP contribution in [0.15, 0.2) is 52.7 Å². The second-order valence-electron chi connectivity index (χ2n) is 6.95. The Kier molecular flexibility index (Phi) is 5.25. The van der Waals surface area contributed by atoms with Crippen LogP contribution in [-0.4, -0.2) is 40.0 Å². The van der Waals surface area contributed by atoms with E-state index in [9.17, 15) is 14.7 Å². The maximum atomic E-state index is 12.8. The molecule has 0 radical (unpaired) electrons. The number of aromatic carboxylic acids is 1. The van der Waals surface area contributed by atoms with Gasteiger partial charge in [-0.25, -0.2) is 9.78 Å². The number of aromatic nitrogens is 1. The van der Waals surface area contributed by atoms with Gasteiger partial charge in [-0.15, -0.1) is 11.3 Å². The van der Waals surface area contributed by atoms with Gasteiger partial charge < -0.3 is 14.4 Å². The monoisotopic (exact) mass is 396 g/mol. The zero-order chi connectivity index (χ0) is 19.5. The van der Waals surface area contributed by atoms with Gasteiger partial charge in [0.2, 0.25) is 0 Å². The highest BCUT2D eigenvalue weighted by Crippen LogP contribution is 2.27. The van der Waals surface area contributed by atoms with Crippen molar-refractivity contribution in [2.45, 2.75) is 19.3 Å². The normalized spacial score (nSPS) is 14.9. The van der Waals surface area contributed by atoms with Gasteiger partial charge in [0.05, 0.1) is 11.8 Å². The third kappa shape index (κ3) is 3.84. The first-order valence-electron chi connectivity index (χ1n) is 9.20. The van der Waals surface area contributed by atoms with Crippen molar-refractivity contribution in [2.75, 3.05) is 13.1 Å². The Bertz CT molecular complexity index is 972. The van der Waals surface area contributed by atoms with Crippen LogP contribution in [0.5, 0.6) is 0 Å². The van der Waals surface area contributed by atoms with E-state index in [4.69, 9.17) is 4.42 Å². The van der Waals surface area contributed by atoms with Crippen LogP contribution in [0.1, 0.15) is 39.3 Å². The maximum Gasteiger partial charge on any atom is 0.335 e. The quantitative estimate of drug-likeness (QED) is 0.699. The van der Waals surface area contributed by atoms with Gasteiger partial charge in [0.15, 0.2) is 0 Å². The van der Waals surface area contributed by atoms with Crippen LogP contribution >= 0.6 is 11.3 Å². The van der Waals surface area contributed by atoms with Crippen molar-refractivity contribution >= 4 is 23.2 Å². The van der Waals surface area contributed by atoms with Crippen LogP contribution in [0.25, 0.3) is 10.6 Å². The summed E-state index contributed by atoms with van der Waals surface area (Å²) in [4.78, 5) is 30.4. The van der Waals surface area contributed by atoms with E-state index in [2.05, 4.69) is 4.98 Å². The van der Waals surface area contributed by atoms with E-state index in [0.717, 1.165) is 35.4 Å². The molecule has 1 N–H and O–H groups in total. The molecule has 1 fully saturated rings. The Morgan fingerprint density at radius 2 is 2.00 bits per heavy atom. The highest BCUT2D eigenvalue weighted by Gasteiger charge is 2.26. The number of likely N-dealkylation sites (tertiary alicyclic amines) is 1. The number of hydrogen-bond acceptors (Lipinski definition) is 5. The number of hydrogen-bond donors (Lipinski definition) is 1. The molecule has 0 aliphatic carbocycles. The molecule has 0 bridgehead atoms. The summed E-state index contributed by atoms with van der Waals surface area (Å²) in [6, 6.07) is 8.98. The number of nitrogens with zero attached hydrogens (tertiary/aromatic N) is 2. The van der Waals surface area contributed by atoms with Gasteiger partial charge in [0.25, 0.3) is 5.91 Å². The summed E-state index contributed by atoms with van der Waals surface area (Å²) in [5, 5.41) is 11.9. The van der Waals surface area contributed by atoms with Gasteiger partial charge in [-0.2, -0.15) is 0 Å². The van der Waals surface area contributed by atoms with Crippen molar-refractivity contribution in [3.63, 3.8) is 0 Å². The van der Waals surface area contributed by atoms with Crippen molar-refractivity contribution in [1.29, 1.82) is 0 Å². The molecule has 2 aromatic heterocycles. The molecule has 1 aliphatic heterocycles. The average Bonchev–Trinajstić information content (AvgIpc) is 3.40. The average molecular weight is 396 g/mol. The Morgan fingerprint density at radius 3 is 2.71 bits per heavy atom. The van der Waals surface area contributed by atoms with Crippen LogP contribution in [0.4, 0.5) is 0 Å². The van der Waals surface area contributed by atoms with Gasteiger partial charge in [-0.05, 0) is 42.9 Å².